The molecule has 218 valence electrons. The van der Waals surface area contributed by atoms with Gasteiger partial charge >= 0.3 is 0 Å². The van der Waals surface area contributed by atoms with E-state index in [0.29, 0.717) is 35.2 Å². The van der Waals surface area contributed by atoms with Crippen molar-refractivity contribution in [1.82, 2.24) is 14.1 Å². The first-order valence-electron chi connectivity index (χ1n) is 13.5. The quantitative estimate of drug-likeness (QED) is 0.201. The van der Waals surface area contributed by atoms with Gasteiger partial charge in [0.25, 0.3) is 11.2 Å². The van der Waals surface area contributed by atoms with Crippen LogP contribution in [0.1, 0.15) is 5.56 Å². The molecule has 0 bridgehead atoms. The zero-order valence-corrected chi connectivity index (χ0v) is 23.9. The number of benzene rings is 4. The summed E-state index contributed by atoms with van der Waals surface area (Å²) in [5, 5.41) is 17.8. The van der Waals surface area contributed by atoms with Crippen molar-refractivity contribution in [2.75, 3.05) is 31.1 Å². The summed E-state index contributed by atoms with van der Waals surface area (Å²) < 4.78 is 41.9. The number of aryl methyl sites for hydroxylation is 1. The van der Waals surface area contributed by atoms with Crippen LogP contribution in [0.2, 0.25) is 0 Å². The highest BCUT2D eigenvalue weighted by atomic mass is 32.2. The van der Waals surface area contributed by atoms with Crippen LogP contribution in [-0.2, 0) is 10.0 Å². The minimum atomic E-state index is -3.82. The minimum absolute atomic E-state index is 0.00565. The molecule has 12 heteroatoms. The number of hydrogen-bond acceptors (Lipinski definition) is 7. The molecular weight excluding hydrogens is 573 g/mol. The third kappa shape index (κ3) is 5.26. The number of piperazine rings is 1. The lowest BCUT2D eigenvalue weighted by atomic mass is 10.0. The molecule has 0 saturated carbocycles. The van der Waals surface area contributed by atoms with Gasteiger partial charge in [0.05, 0.1) is 20.9 Å². The van der Waals surface area contributed by atoms with Crippen molar-refractivity contribution < 1.29 is 17.7 Å². The highest BCUT2D eigenvalue weighted by molar-refractivity contribution is 7.89. The second-order valence-electron chi connectivity index (χ2n) is 10.3. The molecular formula is C31H26FN5O5S. The van der Waals surface area contributed by atoms with Gasteiger partial charge in [0.1, 0.15) is 11.5 Å². The van der Waals surface area contributed by atoms with E-state index in [2.05, 4.69) is 5.10 Å². The Morgan fingerprint density at radius 1 is 0.860 bits per heavy atom. The van der Waals surface area contributed by atoms with E-state index in [1.807, 2.05) is 42.2 Å². The zero-order valence-electron chi connectivity index (χ0n) is 23.1. The van der Waals surface area contributed by atoms with E-state index in [1.165, 1.54) is 22.5 Å². The van der Waals surface area contributed by atoms with Gasteiger partial charge in [-0.2, -0.15) is 14.1 Å². The standard InChI is InChI=1S/C31H26FN5O5S/c1-21-6-8-22(9-7-21)30-26-4-2-3-5-27(26)31(38)36(33-30)29-20-24(12-15-28(29)37(39)40)34-16-18-35(19-17-34)43(41,42)25-13-10-23(32)11-14-25/h2-15,20H,16-19H2,1H3. The fourth-order valence-corrected chi connectivity index (χ4v) is 6.67. The van der Waals surface area contributed by atoms with Gasteiger partial charge in [-0.1, -0.05) is 48.0 Å². The van der Waals surface area contributed by atoms with E-state index in [-0.39, 0.29) is 29.4 Å². The number of rotatable bonds is 6. The van der Waals surface area contributed by atoms with E-state index in [0.717, 1.165) is 27.9 Å². The highest BCUT2D eigenvalue weighted by Gasteiger charge is 2.30. The normalized spacial score (nSPS) is 14.2. The Morgan fingerprint density at radius 3 is 2.16 bits per heavy atom. The number of nitro groups is 1. The molecule has 0 unspecified atom stereocenters. The molecule has 0 aliphatic carbocycles. The summed E-state index contributed by atoms with van der Waals surface area (Å²) in [7, 11) is -3.82. The number of sulfonamides is 1. The van der Waals surface area contributed by atoms with Gasteiger partial charge in [0, 0.05) is 48.9 Å². The van der Waals surface area contributed by atoms with Crippen LogP contribution in [0.3, 0.4) is 0 Å². The van der Waals surface area contributed by atoms with E-state index >= 15 is 0 Å². The van der Waals surface area contributed by atoms with E-state index < -0.39 is 26.3 Å². The number of nitro benzene ring substituents is 1. The van der Waals surface area contributed by atoms with Gasteiger partial charge in [-0.15, -0.1) is 0 Å². The van der Waals surface area contributed by atoms with Crippen molar-refractivity contribution in [2.45, 2.75) is 11.8 Å². The van der Waals surface area contributed by atoms with Gasteiger partial charge in [0.15, 0.2) is 0 Å². The SMILES string of the molecule is Cc1ccc(-c2nn(-c3cc(N4CCN(S(=O)(=O)c5ccc(F)cc5)CC4)ccc3[N+](=O)[O-])c(=O)c3ccccc23)cc1. The number of nitrogens with zero attached hydrogens (tertiary/aromatic N) is 5. The molecule has 0 N–H and O–H groups in total. The van der Waals surface area contributed by atoms with Crippen molar-refractivity contribution in [2.24, 2.45) is 0 Å². The van der Waals surface area contributed by atoms with E-state index in [4.69, 9.17) is 0 Å². The zero-order chi connectivity index (χ0) is 30.3. The monoisotopic (exact) mass is 599 g/mol. The van der Waals surface area contributed by atoms with Crippen LogP contribution < -0.4 is 10.5 Å². The molecule has 2 heterocycles. The molecule has 10 nitrogen and oxygen atoms in total. The fraction of sp³-hybridized carbons (Fsp3) is 0.161. The summed E-state index contributed by atoms with van der Waals surface area (Å²) in [6.45, 7) is 2.86. The lowest BCUT2D eigenvalue weighted by Gasteiger charge is -2.35. The van der Waals surface area contributed by atoms with Crippen LogP contribution in [0.4, 0.5) is 15.8 Å². The molecule has 1 aliphatic rings. The van der Waals surface area contributed by atoms with E-state index in [9.17, 15) is 27.7 Å². The maximum absolute atomic E-state index is 13.7. The molecule has 1 aromatic heterocycles. The third-order valence-corrected chi connectivity index (χ3v) is 9.48. The maximum Gasteiger partial charge on any atom is 0.295 e. The third-order valence-electron chi connectivity index (χ3n) is 7.57. The maximum atomic E-state index is 13.7. The summed E-state index contributed by atoms with van der Waals surface area (Å²) in [5.74, 6) is -0.524. The van der Waals surface area contributed by atoms with Crippen LogP contribution in [0.15, 0.2) is 101 Å². The van der Waals surface area contributed by atoms with Gasteiger partial charge in [-0.3, -0.25) is 14.9 Å². The molecule has 0 amide bonds. The Bertz CT molecular complexity index is 2020. The molecule has 6 rings (SSSR count). The van der Waals surface area contributed by atoms with Crippen LogP contribution in [0.25, 0.3) is 27.7 Å². The van der Waals surface area contributed by atoms with Crippen LogP contribution in [0.5, 0.6) is 0 Å². The second kappa shape index (κ2) is 11.0. The lowest BCUT2D eigenvalue weighted by molar-refractivity contribution is -0.384. The predicted molar refractivity (Wildman–Crippen MR) is 162 cm³/mol. The molecule has 0 spiro atoms. The molecule has 1 aliphatic heterocycles. The number of hydrogen-bond donors (Lipinski definition) is 0. The van der Waals surface area contributed by atoms with Gasteiger partial charge < -0.3 is 4.90 Å². The van der Waals surface area contributed by atoms with Crippen LogP contribution >= 0.6 is 0 Å². The summed E-state index contributed by atoms with van der Waals surface area (Å²) in [6, 6.07) is 23.8. The van der Waals surface area contributed by atoms with Crippen molar-refractivity contribution in [1.29, 1.82) is 0 Å². The topological polar surface area (TPSA) is 119 Å². The number of anilines is 1. The summed E-state index contributed by atoms with van der Waals surface area (Å²) in [4.78, 5) is 27.2. The Hall–Kier alpha value is -4.94. The fourth-order valence-electron chi connectivity index (χ4n) is 5.25. The molecule has 0 atom stereocenters. The smallest absolute Gasteiger partial charge is 0.295 e. The number of halogens is 1. The van der Waals surface area contributed by atoms with Crippen LogP contribution in [-0.4, -0.2) is 53.6 Å². The highest BCUT2D eigenvalue weighted by Crippen LogP contribution is 2.31. The van der Waals surface area contributed by atoms with Crippen molar-refractivity contribution in [3.8, 4) is 16.9 Å². The molecule has 5 aromatic rings. The Balaban J connectivity index is 1.39. The Kier molecular flexibility index (Phi) is 7.24. The number of aromatic nitrogens is 2. The van der Waals surface area contributed by atoms with Gasteiger partial charge in [-0.25, -0.2) is 12.8 Å². The predicted octanol–water partition coefficient (Wildman–Crippen LogP) is 4.92. The van der Waals surface area contributed by atoms with Gasteiger partial charge in [-0.05, 0) is 49.4 Å². The average Bonchev–Trinajstić information content (AvgIpc) is 3.02. The molecule has 1 fully saturated rings. The van der Waals surface area contributed by atoms with Crippen molar-refractivity contribution >= 4 is 32.2 Å². The molecule has 4 aromatic carbocycles. The van der Waals surface area contributed by atoms with E-state index in [1.54, 1.807) is 30.3 Å². The molecule has 43 heavy (non-hydrogen) atoms. The summed E-state index contributed by atoms with van der Waals surface area (Å²) in [6.07, 6.45) is 0. The van der Waals surface area contributed by atoms with Crippen LogP contribution in [0, 0.1) is 22.9 Å². The molecule has 1 saturated heterocycles. The Morgan fingerprint density at radius 2 is 1.51 bits per heavy atom. The first-order chi connectivity index (χ1) is 20.6. The summed E-state index contributed by atoms with van der Waals surface area (Å²) >= 11 is 0. The summed E-state index contributed by atoms with van der Waals surface area (Å²) in [5.41, 5.74) is 2.12. The van der Waals surface area contributed by atoms with Crippen molar-refractivity contribution in [3.05, 3.63) is 123 Å². The van der Waals surface area contributed by atoms with Crippen molar-refractivity contribution in [3.63, 3.8) is 0 Å². The minimum Gasteiger partial charge on any atom is -0.369 e. The average molecular weight is 600 g/mol. The first kappa shape index (κ1) is 28.2. The van der Waals surface area contributed by atoms with Gasteiger partial charge in [0.2, 0.25) is 10.0 Å². The second-order valence-corrected chi connectivity index (χ2v) is 12.2. The first-order valence-corrected chi connectivity index (χ1v) is 15.0. The lowest BCUT2D eigenvalue weighted by Crippen LogP contribution is -2.48. The Labute approximate surface area is 246 Å². The number of fused-ring (bicyclic) bond motifs is 1. The molecule has 0 radical (unpaired) electrons. The largest absolute Gasteiger partial charge is 0.369 e.